The third-order valence-corrected chi connectivity index (χ3v) is 6.98. The van der Waals surface area contributed by atoms with E-state index in [2.05, 4.69) is 22.6 Å². The number of halogens is 4. The molecule has 130 valence electrons. The topological polar surface area (TPSA) is 52.6 Å². The quantitative estimate of drug-likeness (QED) is 0.414. The molecule has 0 aliphatic heterocycles. The fourth-order valence-electron chi connectivity index (χ4n) is 1.32. The van der Waals surface area contributed by atoms with E-state index in [-0.39, 0.29) is 0 Å². The zero-order valence-electron chi connectivity index (χ0n) is 12.8. The summed E-state index contributed by atoms with van der Waals surface area (Å²) in [5, 5.41) is 1.32. The number of carbonyl (C=O) groups is 2. The molecular formula is C16H14Cl2I2O4. The van der Waals surface area contributed by atoms with Crippen molar-refractivity contribution in [2.45, 2.75) is 13.8 Å². The van der Waals surface area contributed by atoms with Crippen LogP contribution < -0.4 is 0 Å². The molecule has 0 aliphatic carbocycles. The van der Waals surface area contributed by atoms with E-state index in [0.717, 1.165) is 5.02 Å². The minimum absolute atomic E-state index is 0.466. The van der Waals surface area contributed by atoms with E-state index in [4.69, 9.17) is 29.3 Å². The third-order valence-electron chi connectivity index (χ3n) is 2.11. The van der Waals surface area contributed by atoms with Gasteiger partial charge in [0.15, 0.2) is 0 Å². The maximum Gasteiger partial charge on any atom is 0.0416 e. The molecule has 0 atom stereocenters. The van der Waals surface area contributed by atoms with Crippen LogP contribution in [0.4, 0.5) is 0 Å². The maximum atomic E-state index is 10.9. The normalized spacial score (nSPS) is 10.1. The number of rotatable bonds is 3. The van der Waals surface area contributed by atoms with E-state index < -0.39 is 32.6 Å². The second-order valence-electron chi connectivity index (χ2n) is 4.23. The predicted octanol–water partition coefficient (Wildman–Crippen LogP) is 5.92. The Kier molecular flexibility index (Phi) is 9.94. The second kappa shape index (κ2) is 11.1. The summed E-state index contributed by atoms with van der Waals surface area (Å²) in [6.07, 6.45) is 0. The van der Waals surface area contributed by atoms with E-state index in [9.17, 15) is 9.59 Å². The van der Waals surface area contributed by atoms with E-state index >= 15 is 0 Å². The van der Waals surface area contributed by atoms with Gasteiger partial charge in [0.25, 0.3) is 0 Å². The Balaban J connectivity index is 0.000000300. The van der Waals surface area contributed by atoms with Crippen molar-refractivity contribution in [3.63, 3.8) is 0 Å². The van der Waals surface area contributed by atoms with Crippen molar-refractivity contribution >= 4 is 78.4 Å². The van der Waals surface area contributed by atoms with Crippen molar-refractivity contribution in [2.24, 2.45) is 0 Å². The summed E-state index contributed by atoms with van der Waals surface area (Å²) in [4.78, 5) is 21.8. The molecule has 0 aromatic heterocycles. The molecule has 0 heterocycles. The Morgan fingerprint density at radius 1 is 0.917 bits per heavy atom. The minimum atomic E-state index is -2.71. The summed E-state index contributed by atoms with van der Waals surface area (Å²) in [6, 6.07) is 14.5. The van der Waals surface area contributed by atoms with Crippen molar-refractivity contribution in [2.75, 3.05) is 0 Å². The van der Waals surface area contributed by atoms with Crippen LogP contribution in [-0.2, 0) is 15.7 Å². The first-order valence-corrected chi connectivity index (χ1v) is 11.2. The number of hydrogen-bond acceptors (Lipinski definition) is 4. The van der Waals surface area contributed by atoms with E-state index in [0.29, 0.717) is 8.59 Å². The summed E-state index contributed by atoms with van der Waals surface area (Å²) >= 11 is 11.0. The van der Waals surface area contributed by atoms with Gasteiger partial charge >= 0.3 is 107 Å². The van der Waals surface area contributed by atoms with E-state index in [1.54, 1.807) is 24.3 Å². The van der Waals surface area contributed by atoms with Gasteiger partial charge in [0.2, 0.25) is 0 Å². The van der Waals surface area contributed by atoms with Crippen molar-refractivity contribution in [3.05, 3.63) is 65.7 Å². The number of hydrogen-bond donors (Lipinski definition) is 0. The summed E-state index contributed by atoms with van der Waals surface area (Å²) in [6.45, 7) is 2.55. The number of carbonyl (C=O) groups excluding carboxylic acids is 2. The summed E-state index contributed by atoms with van der Waals surface area (Å²) in [5.74, 6) is -0.933. The van der Waals surface area contributed by atoms with Gasteiger partial charge in [0, 0.05) is 8.59 Å². The first-order valence-electron chi connectivity index (χ1n) is 6.52. The molecule has 0 unspecified atom stereocenters. The molecule has 0 N–H and O–H groups in total. The molecule has 24 heavy (non-hydrogen) atoms. The largest absolute Gasteiger partial charge is 0.0843 e. The van der Waals surface area contributed by atoms with Crippen molar-refractivity contribution < 1.29 is 15.7 Å². The van der Waals surface area contributed by atoms with Gasteiger partial charge in [-0.1, -0.05) is 17.7 Å². The zero-order valence-corrected chi connectivity index (χ0v) is 18.6. The van der Waals surface area contributed by atoms with Gasteiger partial charge < -0.3 is 0 Å². The first-order chi connectivity index (χ1) is 11.3. The van der Waals surface area contributed by atoms with Crippen LogP contribution in [0, 0.1) is 7.14 Å². The zero-order chi connectivity index (χ0) is 18.1. The second-order valence-corrected chi connectivity index (χ2v) is 9.72. The summed E-state index contributed by atoms with van der Waals surface area (Å²) in [7, 11) is 0. The molecule has 8 heteroatoms. The van der Waals surface area contributed by atoms with Gasteiger partial charge in [-0.05, 0) is 40.8 Å². The van der Waals surface area contributed by atoms with Gasteiger partial charge in [-0.2, -0.15) is 0 Å². The Morgan fingerprint density at radius 3 is 1.79 bits per heavy atom. The molecule has 0 amide bonds. The Bertz CT molecular complexity index is 677. The molecule has 2 rings (SSSR count). The van der Waals surface area contributed by atoms with E-state index in [1.807, 2.05) is 24.3 Å². The fraction of sp³-hybridized carbons (Fsp3) is 0.125. The first kappa shape index (κ1) is 21.5. The van der Waals surface area contributed by atoms with Gasteiger partial charge in [-0.15, -0.1) is 0 Å². The molecular weight excluding hydrogens is 581 g/mol. The molecule has 2 aromatic rings. The van der Waals surface area contributed by atoms with Gasteiger partial charge in [0.1, 0.15) is 0 Å². The monoisotopic (exact) mass is 594 g/mol. The third kappa shape index (κ3) is 9.05. The Labute approximate surface area is 172 Å². The van der Waals surface area contributed by atoms with Crippen molar-refractivity contribution in [3.8, 4) is 0 Å². The molecule has 0 saturated heterocycles. The van der Waals surface area contributed by atoms with Crippen LogP contribution in [0.15, 0.2) is 48.5 Å². The van der Waals surface area contributed by atoms with Crippen LogP contribution in [0.1, 0.15) is 13.8 Å². The molecule has 0 aliphatic rings. The molecule has 4 nitrogen and oxygen atoms in total. The SMILES string of the molecule is CC(=O)OI(OC(C)=O)c1cccc(Cl)c1.Clc1cccc(I)c1. The van der Waals surface area contributed by atoms with Crippen LogP contribution in [0.5, 0.6) is 0 Å². The summed E-state index contributed by atoms with van der Waals surface area (Å²) in [5.41, 5.74) is 0. The summed E-state index contributed by atoms with van der Waals surface area (Å²) < 4.78 is 11.9. The van der Waals surface area contributed by atoms with Gasteiger partial charge in [0.05, 0.1) is 0 Å². The van der Waals surface area contributed by atoms with Gasteiger partial charge in [-0.25, -0.2) is 0 Å². The standard InChI is InChI=1S/C10H10ClIO4.C6H4ClI/c1-7(13)15-12(16-8(2)14)10-5-3-4-9(11)6-10;7-5-2-1-3-6(8)4-5/h3-6H,1-2H3;1-4H. The Morgan fingerprint density at radius 2 is 1.42 bits per heavy atom. The van der Waals surface area contributed by atoms with Crippen LogP contribution >= 0.6 is 66.4 Å². The molecule has 0 fully saturated rings. The van der Waals surface area contributed by atoms with Crippen LogP contribution in [-0.4, -0.2) is 11.9 Å². The van der Waals surface area contributed by atoms with Gasteiger partial charge in [-0.3, -0.25) is 0 Å². The Hall–Kier alpha value is -0.580. The molecule has 0 radical (unpaired) electrons. The van der Waals surface area contributed by atoms with Crippen molar-refractivity contribution in [1.82, 2.24) is 0 Å². The minimum Gasteiger partial charge on any atom is -0.0843 e. The molecule has 0 saturated carbocycles. The molecule has 2 aromatic carbocycles. The molecule has 0 bridgehead atoms. The van der Waals surface area contributed by atoms with E-state index in [1.165, 1.54) is 17.4 Å². The predicted molar refractivity (Wildman–Crippen MR) is 112 cm³/mol. The van der Waals surface area contributed by atoms with Crippen molar-refractivity contribution in [1.29, 1.82) is 0 Å². The van der Waals surface area contributed by atoms with Crippen LogP contribution in [0.3, 0.4) is 0 Å². The van der Waals surface area contributed by atoms with Crippen LogP contribution in [0.25, 0.3) is 0 Å². The fourth-order valence-corrected chi connectivity index (χ4v) is 5.43. The average molecular weight is 595 g/mol. The number of benzene rings is 2. The maximum absolute atomic E-state index is 10.9. The smallest absolute Gasteiger partial charge is 0.0416 e. The van der Waals surface area contributed by atoms with Crippen LogP contribution in [0.2, 0.25) is 10.0 Å². The molecule has 0 spiro atoms. The average Bonchev–Trinajstić information content (AvgIpc) is 2.46.